The van der Waals surface area contributed by atoms with Crippen LogP contribution in [-0.2, 0) is 14.3 Å². The minimum absolute atomic E-state index is 0.328. The van der Waals surface area contributed by atoms with Crippen molar-refractivity contribution < 1.29 is 19.1 Å². The molecule has 2 heterocycles. The lowest BCUT2D eigenvalue weighted by Gasteiger charge is -2.06. The second kappa shape index (κ2) is 8.24. The zero-order valence-electron chi connectivity index (χ0n) is 12.6. The predicted octanol–water partition coefficient (Wildman–Crippen LogP) is 1.90. The summed E-state index contributed by atoms with van der Waals surface area (Å²) in [5, 5.41) is 15.8. The van der Waals surface area contributed by atoms with Gasteiger partial charge in [0.1, 0.15) is 17.6 Å². The van der Waals surface area contributed by atoms with Crippen molar-refractivity contribution in [1.29, 1.82) is 5.26 Å². The van der Waals surface area contributed by atoms with E-state index in [1.165, 1.54) is 22.7 Å². The molecule has 2 aromatic rings. The zero-order chi connectivity index (χ0) is 17.5. The van der Waals surface area contributed by atoms with Crippen LogP contribution in [0.1, 0.15) is 20.1 Å². The van der Waals surface area contributed by atoms with E-state index in [1.54, 1.807) is 17.5 Å². The number of aryl methyl sites for hydroxylation is 1. The number of esters is 1. The van der Waals surface area contributed by atoms with Crippen molar-refractivity contribution in [3.63, 3.8) is 0 Å². The first kappa shape index (κ1) is 17.7. The first-order valence-corrected chi connectivity index (χ1v) is 8.47. The van der Waals surface area contributed by atoms with Gasteiger partial charge in [-0.25, -0.2) is 0 Å². The number of amides is 2. The van der Waals surface area contributed by atoms with Crippen molar-refractivity contribution in [2.45, 2.75) is 6.92 Å². The molecule has 2 aromatic heterocycles. The van der Waals surface area contributed by atoms with Crippen LogP contribution in [0.3, 0.4) is 0 Å². The Hall–Kier alpha value is -2.70. The van der Waals surface area contributed by atoms with Crippen LogP contribution in [0, 0.1) is 18.3 Å². The SMILES string of the molecule is Cc1ccc(C(=O)NCC(=O)OCC(=O)Nc2sccc2C#N)s1. The summed E-state index contributed by atoms with van der Waals surface area (Å²) in [5.74, 6) is -1.65. The van der Waals surface area contributed by atoms with Gasteiger partial charge in [0.25, 0.3) is 11.8 Å². The third-order valence-electron chi connectivity index (χ3n) is 2.76. The Morgan fingerprint density at radius 1 is 1.29 bits per heavy atom. The topological polar surface area (TPSA) is 108 Å². The van der Waals surface area contributed by atoms with Gasteiger partial charge in [-0.2, -0.15) is 5.26 Å². The fraction of sp³-hybridized carbons (Fsp3) is 0.200. The highest BCUT2D eigenvalue weighted by Gasteiger charge is 2.13. The number of rotatable bonds is 6. The molecule has 0 unspecified atom stereocenters. The zero-order valence-corrected chi connectivity index (χ0v) is 14.3. The van der Waals surface area contributed by atoms with Crippen molar-refractivity contribution >= 4 is 45.5 Å². The summed E-state index contributed by atoms with van der Waals surface area (Å²) in [4.78, 5) is 36.5. The molecule has 124 valence electrons. The van der Waals surface area contributed by atoms with Crippen LogP contribution in [0.25, 0.3) is 0 Å². The average molecular weight is 363 g/mol. The molecule has 0 saturated heterocycles. The van der Waals surface area contributed by atoms with Crippen LogP contribution < -0.4 is 10.6 Å². The fourth-order valence-electron chi connectivity index (χ4n) is 1.65. The van der Waals surface area contributed by atoms with E-state index in [2.05, 4.69) is 10.6 Å². The molecule has 2 N–H and O–H groups in total. The summed E-state index contributed by atoms with van der Waals surface area (Å²) < 4.78 is 4.78. The van der Waals surface area contributed by atoms with Gasteiger partial charge in [-0.3, -0.25) is 14.4 Å². The van der Waals surface area contributed by atoms with Crippen molar-refractivity contribution in [2.24, 2.45) is 0 Å². The molecule has 9 heteroatoms. The van der Waals surface area contributed by atoms with Gasteiger partial charge in [0, 0.05) is 4.88 Å². The lowest BCUT2D eigenvalue weighted by Crippen LogP contribution is -2.31. The molecule has 0 aliphatic rings. The number of anilines is 1. The molecule has 0 atom stereocenters. The number of ether oxygens (including phenoxy) is 1. The van der Waals surface area contributed by atoms with E-state index in [-0.39, 0.29) is 12.5 Å². The minimum Gasteiger partial charge on any atom is -0.454 e. The summed E-state index contributed by atoms with van der Waals surface area (Å²) in [6.07, 6.45) is 0. The summed E-state index contributed by atoms with van der Waals surface area (Å²) in [6, 6.07) is 6.99. The number of hydrogen-bond acceptors (Lipinski definition) is 7. The molecule has 0 fully saturated rings. The van der Waals surface area contributed by atoms with E-state index in [1.807, 2.05) is 19.1 Å². The Morgan fingerprint density at radius 3 is 2.75 bits per heavy atom. The van der Waals surface area contributed by atoms with Crippen molar-refractivity contribution in [3.8, 4) is 6.07 Å². The molecule has 24 heavy (non-hydrogen) atoms. The Bertz CT molecular complexity index is 804. The summed E-state index contributed by atoms with van der Waals surface area (Å²) >= 11 is 2.52. The van der Waals surface area contributed by atoms with E-state index in [4.69, 9.17) is 10.00 Å². The van der Waals surface area contributed by atoms with E-state index in [9.17, 15) is 14.4 Å². The van der Waals surface area contributed by atoms with Gasteiger partial charge >= 0.3 is 5.97 Å². The molecule has 0 aliphatic heterocycles. The molecule has 2 rings (SSSR count). The number of nitriles is 1. The highest BCUT2D eigenvalue weighted by molar-refractivity contribution is 7.14. The molecule has 0 bridgehead atoms. The first-order valence-electron chi connectivity index (χ1n) is 6.77. The molecule has 7 nitrogen and oxygen atoms in total. The summed E-state index contributed by atoms with van der Waals surface area (Å²) in [5.41, 5.74) is 0.346. The van der Waals surface area contributed by atoms with Crippen molar-refractivity contribution in [2.75, 3.05) is 18.5 Å². The summed E-state index contributed by atoms with van der Waals surface area (Å²) in [6.45, 7) is 1.06. The molecular formula is C15H13N3O4S2. The van der Waals surface area contributed by atoms with E-state index < -0.39 is 18.5 Å². The molecule has 0 aromatic carbocycles. The number of carbonyl (C=O) groups is 3. The Kier molecular flexibility index (Phi) is 6.06. The monoisotopic (exact) mass is 363 g/mol. The van der Waals surface area contributed by atoms with Gasteiger partial charge in [-0.05, 0) is 30.5 Å². The standard InChI is InChI=1S/C15H13N3O4S2/c1-9-2-3-11(24-9)14(21)17-7-13(20)22-8-12(19)18-15-10(6-16)4-5-23-15/h2-5H,7-8H2,1H3,(H,17,21)(H,18,19). The normalized spacial score (nSPS) is 9.83. The largest absolute Gasteiger partial charge is 0.454 e. The van der Waals surface area contributed by atoms with Gasteiger partial charge < -0.3 is 15.4 Å². The number of thiophene rings is 2. The quantitative estimate of drug-likeness (QED) is 0.762. The second-order valence-corrected chi connectivity index (χ2v) is 6.78. The highest BCUT2D eigenvalue weighted by atomic mass is 32.1. The van der Waals surface area contributed by atoms with Crippen LogP contribution >= 0.6 is 22.7 Å². The third kappa shape index (κ3) is 4.91. The molecule has 0 aliphatic carbocycles. The minimum atomic E-state index is -0.724. The fourth-order valence-corrected chi connectivity index (χ4v) is 3.19. The van der Waals surface area contributed by atoms with Crippen LogP contribution in [-0.4, -0.2) is 30.9 Å². The molecule has 0 radical (unpaired) electrons. The number of carbonyl (C=O) groups excluding carboxylic acids is 3. The van der Waals surface area contributed by atoms with Crippen molar-refractivity contribution in [3.05, 3.63) is 38.9 Å². The van der Waals surface area contributed by atoms with Gasteiger partial charge in [0.2, 0.25) is 0 Å². The maximum Gasteiger partial charge on any atom is 0.325 e. The maximum atomic E-state index is 11.8. The Morgan fingerprint density at radius 2 is 2.08 bits per heavy atom. The van der Waals surface area contributed by atoms with Gasteiger partial charge in [-0.1, -0.05) is 0 Å². The number of nitrogens with one attached hydrogen (secondary N) is 2. The molecular weight excluding hydrogens is 350 g/mol. The van der Waals surface area contributed by atoms with Crippen LogP contribution in [0.15, 0.2) is 23.6 Å². The van der Waals surface area contributed by atoms with Crippen LogP contribution in [0.4, 0.5) is 5.00 Å². The van der Waals surface area contributed by atoms with E-state index in [0.717, 1.165) is 4.88 Å². The predicted molar refractivity (Wildman–Crippen MR) is 90.0 cm³/mol. The van der Waals surface area contributed by atoms with Gasteiger partial charge in [0.15, 0.2) is 6.61 Å². The van der Waals surface area contributed by atoms with Crippen molar-refractivity contribution in [1.82, 2.24) is 5.32 Å². The van der Waals surface area contributed by atoms with E-state index in [0.29, 0.717) is 15.4 Å². The lowest BCUT2D eigenvalue weighted by molar-refractivity contribution is -0.146. The molecule has 0 spiro atoms. The first-order chi connectivity index (χ1) is 11.5. The third-order valence-corrected chi connectivity index (χ3v) is 4.59. The summed E-state index contributed by atoms with van der Waals surface area (Å²) in [7, 11) is 0. The van der Waals surface area contributed by atoms with E-state index >= 15 is 0 Å². The average Bonchev–Trinajstić information content (AvgIpc) is 3.19. The highest BCUT2D eigenvalue weighted by Crippen LogP contribution is 2.21. The lowest BCUT2D eigenvalue weighted by atomic mass is 10.3. The maximum absolute atomic E-state index is 11.8. The van der Waals surface area contributed by atoms with Gasteiger partial charge in [-0.15, -0.1) is 22.7 Å². The smallest absolute Gasteiger partial charge is 0.325 e. The number of hydrogen-bond donors (Lipinski definition) is 2. The molecule has 0 saturated carbocycles. The van der Waals surface area contributed by atoms with Crippen LogP contribution in [0.5, 0.6) is 0 Å². The van der Waals surface area contributed by atoms with Gasteiger partial charge in [0.05, 0.1) is 10.4 Å². The second-order valence-electron chi connectivity index (χ2n) is 4.58. The van der Waals surface area contributed by atoms with Crippen LogP contribution in [0.2, 0.25) is 0 Å². The Labute approximate surface area is 145 Å². The number of nitrogens with zero attached hydrogens (tertiary/aromatic N) is 1. The Balaban J connectivity index is 1.72. The molecule has 2 amide bonds.